The Morgan fingerprint density at radius 1 is 1.40 bits per heavy atom. The van der Waals surface area contributed by atoms with Crippen molar-refractivity contribution in [1.82, 2.24) is 20.1 Å². The molecule has 106 valence electrons. The topological polar surface area (TPSA) is 71.8 Å². The standard InChI is InChI=1S/C13H16ClN5O/c1-19-9-16-18-12(19)6-7-15-8-13(20)17-11-5-3-2-4-10(11)14/h2-5,9,15H,6-8H2,1H3,(H,17,20). The van der Waals surface area contributed by atoms with Gasteiger partial charge >= 0.3 is 0 Å². The van der Waals surface area contributed by atoms with Gasteiger partial charge in [0.1, 0.15) is 12.2 Å². The molecule has 0 fully saturated rings. The van der Waals surface area contributed by atoms with Crippen LogP contribution in [0, 0.1) is 0 Å². The minimum atomic E-state index is -0.129. The molecular weight excluding hydrogens is 278 g/mol. The van der Waals surface area contributed by atoms with E-state index in [-0.39, 0.29) is 12.5 Å². The summed E-state index contributed by atoms with van der Waals surface area (Å²) in [6, 6.07) is 7.14. The summed E-state index contributed by atoms with van der Waals surface area (Å²) in [5.41, 5.74) is 0.620. The third-order valence-electron chi connectivity index (χ3n) is 2.76. The van der Waals surface area contributed by atoms with E-state index in [0.717, 1.165) is 12.2 Å². The van der Waals surface area contributed by atoms with Crippen molar-refractivity contribution in [3.05, 3.63) is 41.4 Å². The molecule has 0 aliphatic carbocycles. The summed E-state index contributed by atoms with van der Waals surface area (Å²) in [5.74, 6) is 0.750. The van der Waals surface area contributed by atoms with Crippen LogP contribution in [-0.2, 0) is 18.3 Å². The third-order valence-corrected chi connectivity index (χ3v) is 3.09. The number of nitrogens with zero attached hydrogens (tertiary/aromatic N) is 3. The summed E-state index contributed by atoms with van der Waals surface area (Å²) in [5, 5.41) is 14.1. The number of aryl methyl sites for hydroxylation is 1. The second kappa shape index (κ2) is 7.02. The average Bonchev–Trinajstić information content (AvgIpc) is 2.83. The molecule has 1 heterocycles. The van der Waals surface area contributed by atoms with Gasteiger partial charge in [-0.1, -0.05) is 23.7 Å². The van der Waals surface area contributed by atoms with Crippen molar-refractivity contribution in [2.45, 2.75) is 6.42 Å². The molecule has 20 heavy (non-hydrogen) atoms. The van der Waals surface area contributed by atoms with Crippen molar-refractivity contribution >= 4 is 23.2 Å². The van der Waals surface area contributed by atoms with E-state index in [4.69, 9.17) is 11.6 Å². The fourth-order valence-electron chi connectivity index (χ4n) is 1.69. The van der Waals surface area contributed by atoms with Gasteiger partial charge in [-0.25, -0.2) is 0 Å². The molecule has 0 unspecified atom stereocenters. The molecule has 2 aromatic rings. The van der Waals surface area contributed by atoms with Crippen LogP contribution in [-0.4, -0.2) is 33.8 Å². The predicted octanol–water partition coefficient (Wildman–Crippen LogP) is 1.24. The van der Waals surface area contributed by atoms with Crippen LogP contribution < -0.4 is 10.6 Å². The molecule has 0 bridgehead atoms. The van der Waals surface area contributed by atoms with Gasteiger partial charge in [0.15, 0.2) is 0 Å². The molecule has 6 nitrogen and oxygen atoms in total. The van der Waals surface area contributed by atoms with Crippen LogP contribution in [0.1, 0.15) is 5.82 Å². The highest BCUT2D eigenvalue weighted by Crippen LogP contribution is 2.19. The fraction of sp³-hybridized carbons (Fsp3) is 0.308. The first-order chi connectivity index (χ1) is 9.66. The predicted molar refractivity (Wildman–Crippen MR) is 77.7 cm³/mol. The lowest BCUT2D eigenvalue weighted by molar-refractivity contribution is -0.115. The summed E-state index contributed by atoms with van der Waals surface area (Å²) in [7, 11) is 1.89. The Bertz CT molecular complexity index is 584. The number of halogens is 1. The Morgan fingerprint density at radius 3 is 2.90 bits per heavy atom. The summed E-state index contributed by atoms with van der Waals surface area (Å²) in [6.45, 7) is 0.881. The van der Waals surface area contributed by atoms with Gasteiger partial charge in [0, 0.05) is 20.0 Å². The molecule has 0 saturated carbocycles. The van der Waals surface area contributed by atoms with E-state index in [0.29, 0.717) is 17.3 Å². The van der Waals surface area contributed by atoms with Crippen molar-refractivity contribution in [3.63, 3.8) is 0 Å². The van der Waals surface area contributed by atoms with Gasteiger partial charge in [0.2, 0.25) is 5.91 Å². The van der Waals surface area contributed by atoms with E-state index in [1.165, 1.54) is 0 Å². The molecule has 0 radical (unpaired) electrons. The van der Waals surface area contributed by atoms with E-state index in [1.54, 1.807) is 18.5 Å². The first-order valence-corrected chi connectivity index (χ1v) is 6.62. The van der Waals surface area contributed by atoms with Crippen LogP contribution in [0.25, 0.3) is 0 Å². The molecule has 0 aliphatic rings. The Kier molecular flexibility index (Phi) is 5.09. The third kappa shape index (κ3) is 4.04. The number of carbonyl (C=O) groups is 1. The van der Waals surface area contributed by atoms with E-state index in [1.807, 2.05) is 23.7 Å². The number of amides is 1. The summed E-state index contributed by atoms with van der Waals surface area (Å²) in [6.07, 6.45) is 2.37. The highest BCUT2D eigenvalue weighted by molar-refractivity contribution is 6.33. The SMILES string of the molecule is Cn1cnnc1CCNCC(=O)Nc1ccccc1Cl. The largest absolute Gasteiger partial charge is 0.324 e. The first kappa shape index (κ1) is 14.5. The lowest BCUT2D eigenvalue weighted by atomic mass is 10.3. The maximum atomic E-state index is 11.7. The maximum absolute atomic E-state index is 11.7. The van der Waals surface area contributed by atoms with E-state index >= 15 is 0 Å². The van der Waals surface area contributed by atoms with Crippen LogP contribution in [0.2, 0.25) is 5.02 Å². The smallest absolute Gasteiger partial charge is 0.238 e. The van der Waals surface area contributed by atoms with Crippen molar-refractivity contribution in [2.75, 3.05) is 18.4 Å². The van der Waals surface area contributed by atoms with Crippen LogP contribution in [0.3, 0.4) is 0 Å². The highest BCUT2D eigenvalue weighted by atomic mass is 35.5. The van der Waals surface area contributed by atoms with E-state index in [2.05, 4.69) is 20.8 Å². The Morgan fingerprint density at radius 2 is 2.20 bits per heavy atom. The van der Waals surface area contributed by atoms with Crippen LogP contribution in [0.4, 0.5) is 5.69 Å². The summed E-state index contributed by atoms with van der Waals surface area (Å²) < 4.78 is 1.85. The molecule has 0 spiro atoms. The normalized spacial score (nSPS) is 10.5. The van der Waals surface area contributed by atoms with Gasteiger partial charge < -0.3 is 15.2 Å². The van der Waals surface area contributed by atoms with Crippen molar-refractivity contribution in [2.24, 2.45) is 7.05 Å². The maximum Gasteiger partial charge on any atom is 0.238 e. The van der Waals surface area contributed by atoms with Gasteiger partial charge in [0.05, 0.1) is 17.3 Å². The molecule has 2 N–H and O–H groups in total. The minimum absolute atomic E-state index is 0.129. The highest BCUT2D eigenvalue weighted by Gasteiger charge is 2.05. The monoisotopic (exact) mass is 293 g/mol. The van der Waals surface area contributed by atoms with E-state index in [9.17, 15) is 4.79 Å². The number of nitrogens with one attached hydrogen (secondary N) is 2. The zero-order valence-electron chi connectivity index (χ0n) is 11.1. The molecule has 0 aliphatic heterocycles. The van der Waals surface area contributed by atoms with Crippen molar-refractivity contribution in [1.29, 1.82) is 0 Å². The lowest BCUT2D eigenvalue weighted by Crippen LogP contribution is -2.30. The number of hydrogen-bond donors (Lipinski definition) is 2. The van der Waals surface area contributed by atoms with Crippen LogP contribution in [0.15, 0.2) is 30.6 Å². The van der Waals surface area contributed by atoms with Gasteiger partial charge in [-0.2, -0.15) is 0 Å². The van der Waals surface area contributed by atoms with Gasteiger partial charge in [0.25, 0.3) is 0 Å². The second-order valence-electron chi connectivity index (χ2n) is 4.31. The molecule has 0 saturated heterocycles. The van der Waals surface area contributed by atoms with Crippen LogP contribution >= 0.6 is 11.6 Å². The summed E-state index contributed by atoms with van der Waals surface area (Å²) in [4.78, 5) is 11.7. The van der Waals surface area contributed by atoms with Crippen molar-refractivity contribution in [3.8, 4) is 0 Å². The fourth-order valence-corrected chi connectivity index (χ4v) is 1.88. The molecule has 1 amide bonds. The molecular formula is C13H16ClN5O. The molecule has 0 atom stereocenters. The first-order valence-electron chi connectivity index (χ1n) is 6.25. The average molecular weight is 294 g/mol. The quantitative estimate of drug-likeness (QED) is 0.786. The Balaban J connectivity index is 1.71. The van der Waals surface area contributed by atoms with Crippen LogP contribution in [0.5, 0.6) is 0 Å². The lowest BCUT2D eigenvalue weighted by Gasteiger charge is -2.07. The molecule has 2 rings (SSSR count). The number of hydrogen-bond acceptors (Lipinski definition) is 4. The number of aromatic nitrogens is 3. The number of para-hydroxylation sites is 1. The molecule has 1 aromatic carbocycles. The number of anilines is 1. The molecule has 1 aromatic heterocycles. The summed E-state index contributed by atoms with van der Waals surface area (Å²) >= 11 is 5.96. The van der Waals surface area contributed by atoms with Gasteiger partial charge in [-0.3, -0.25) is 4.79 Å². The minimum Gasteiger partial charge on any atom is -0.324 e. The zero-order chi connectivity index (χ0) is 14.4. The van der Waals surface area contributed by atoms with Gasteiger partial charge in [-0.05, 0) is 12.1 Å². The zero-order valence-corrected chi connectivity index (χ0v) is 11.9. The Labute approximate surface area is 122 Å². The number of carbonyl (C=O) groups excluding carboxylic acids is 1. The van der Waals surface area contributed by atoms with E-state index < -0.39 is 0 Å². The van der Waals surface area contributed by atoms with Crippen molar-refractivity contribution < 1.29 is 4.79 Å². The number of benzene rings is 1. The second-order valence-corrected chi connectivity index (χ2v) is 4.72. The Hall–Kier alpha value is -1.92. The van der Waals surface area contributed by atoms with Gasteiger partial charge in [-0.15, -0.1) is 10.2 Å². The number of rotatable bonds is 6. The molecule has 7 heteroatoms.